The molecule has 276 valence electrons. The fourth-order valence-corrected chi connectivity index (χ4v) is 7.12. The molecule has 0 bridgehead atoms. The Hall–Kier alpha value is -4.96. The molecule has 1 aromatic carbocycles. The molecule has 0 spiro atoms. The first-order valence-corrected chi connectivity index (χ1v) is 17.1. The Morgan fingerprint density at radius 2 is 1.88 bits per heavy atom. The van der Waals surface area contributed by atoms with Gasteiger partial charge >= 0.3 is 6.18 Å². The van der Waals surface area contributed by atoms with Crippen LogP contribution in [0.4, 0.5) is 30.4 Å². The summed E-state index contributed by atoms with van der Waals surface area (Å²) in [4.78, 5) is 60.1. The molecule has 2 aliphatic rings. The number of rotatable bonds is 10. The third kappa shape index (κ3) is 6.84. The number of aromatic hydroxyl groups is 1. The van der Waals surface area contributed by atoms with Crippen molar-refractivity contribution in [2.24, 2.45) is 0 Å². The number of halogens is 4. The van der Waals surface area contributed by atoms with Crippen molar-refractivity contribution in [1.29, 1.82) is 0 Å². The standard InChI is InChI=1S/C35H38ClF3N8O5/c1-5-23-31(45-12-13-46(25-9-8-24(25)45)34(51)30-32(49)19(2)40-18-41-30)33(50)29-26(10-11-27(43-29)44(3)14-15-52-4)47(23)17-28(48)42-22-7-6-20(16-21(22)36)35(37,38)39/h6-7,10-11,16,18,24-25,49H,5,8-9,12-15,17H2,1-4H3,(H,42,48)/t24-,25-/m0/s1. The summed E-state index contributed by atoms with van der Waals surface area (Å²) in [6.07, 6.45) is -1.67. The van der Waals surface area contributed by atoms with Crippen molar-refractivity contribution in [1.82, 2.24) is 24.4 Å². The number of amides is 2. The molecule has 52 heavy (non-hydrogen) atoms. The summed E-state index contributed by atoms with van der Waals surface area (Å²) in [5.74, 6) is -0.760. The van der Waals surface area contributed by atoms with Crippen molar-refractivity contribution in [3.05, 3.63) is 74.6 Å². The second-order valence-electron chi connectivity index (χ2n) is 12.8. The SMILES string of the molecule is CCc1c(N2CCN(C(=O)c3ncnc(C)c3O)[C@H]3CC[C@@H]32)c(=O)c2nc(N(C)CCOC)ccc2n1CC(=O)Nc1ccc(C(F)(F)F)cc1Cl. The summed E-state index contributed by atoms with van der Waals surface area (Å²) in [6.45, 7) is 4.59. The van der Waals surface area contributed by atoms with Crippen LogP contribution in [0.1, 0.15) is 47.2 Å². The van der Waals surface area contributed by atoms with Gasteiger partial charge in [-0.1, -0.05) is 18.5 Å². The second kappa shape index (κ2) is 14.6. The number of benzene rings is 1. The van der Waals surface area contributed by atoms with Gasteiger partial charge in [0.1, 0.15) is 29.9 Å². The second-order valence-corrected chi connectivity index (χ2v) is 13.2. The number of piperazine rings is 1. The van der Waals surface area contributed by atoms with Gasteiger partial charge in [0.25, 0.3) is 5.91 Å². The van der Waals surface area contributed by atoms with Crippen molar-refractivity contribution in [3.8, 4) is 5.75 Å². The molecule has 6 rings (SSSR count). The normalized spacial score (nSPS) is 17.2. The number of aryl methyl sites for hydroxylation is 1. The molecule has 2 fully saturated rings. The van der Waals surface area contributed by atoms with Gasteiger partial charge in [0.15, 0.2) is 11.4 Å². The largest absolute Gasteiger partial charge is 0.504 e. The van der Waals surface area contributed by atoms with Gasteiger partial charge in [0.05, 0.1) is 40.1 Å². The molecule has 0 unspecified atom stereocenters. The number of alkyl halides is 3. The van der Waals surface area contributed by atoms with Crippen LogP contribution in [-0.2, 0) is 28.7 Å². The Morgan fingerprint density at radius 3 is 2.54 bits per heavy atom. The van der Waals surface area contributed by atoms with E-state index in [4.69, 9.17) is 21.3 Å². The highest BCUT2D eigenvalue weighted by Gasteiger charge is 2.47. The molecule has 13 nitrogen and oxygen atoms in total. The third-order valence-corrected chi connectivity index (χ3v) is 10.1. The number of carbonyl (C=O) groups is 2. The minimum absolute atomic E-state index is 0.00600. The Morgan fingerprint density at radius 1 is 1.13 bits per heavy atom. The van der Waals surface area contributed by atoms with Crippen molar-refractivity contribution in [2.75, 3.05) is 55.5 Å². The minimum Gasteiger partial charge on any atom is -0.504 e. The molecule has 1 aliphatic heterocycles. The van der Waals surface area contributed by atoms with Crippen molar-refractivity contribution in [2.45, 2.75) is 57.9 Å². The third-order valence-electron chi connectivity index (χ3n) is 9.75. The zero-order chi connectivity index (χ0) is 37.5. The molecule has 1 saturated carbocycles. The van der Waals surface area contributed by atoms with Crippen LogP contribution >= 0.6 is 11.6 Å². The van der Waals surface area contributed by atoms with Crippen LogP contribution in [-0.4, -0.2) is 93.8 Å². The predicted molar refractivity (Wildman–Crippen MR) is 189 cm³/mol. The monoisotopic (exact) mass is 742 g/mol. The van der Waals surface area contributed by atoms with Crippen LogP contribution in [0.5, 0.6) is 5.75 Å². The van der Waals surface area contributed by atoms with Crippen LogP contribution in [0.25, 0.3) is 11.0 Å². The Labute approximate surface area is 302 Å². The molecule has 2 atom stereocenters. The van der Waals surface area contributed by atoms with E-state index in [0.29, 0.717) is 55.1 Å². The lowest BCUT2D eigenvalue weighted by Gasteiger charge is -2.54. The molecule has 4 aromatic rings. The highest BCUT2D eigenvalue weighted by molar-refractivity contribution is 6.33. The van der Waals surface area contributed by atoms with E-state index in [1.54, 1.807) is 35.6 Å². The number of anilines is 3. The maximum atomic E-state index is 14.6. The summed E-state index contributed by atoms with van der Waals surface area (Å²) in [7, 11) is 3.40. The van der Waals surface area contributed by atoms with Gasteiger partial charge in [-0.2, -0.15) is 13.2 Å². The van der Waals surface area contributed by atoms with E-state index in [-0.39, 0.29) is 70.5 Å². The number of pyridine rings is 2. The molecule has 2 N–H and O–H groups in total. The van der Waals surface area contributed by atoms with Crippen LogP contribution in [0.2, 0.25) is 5.02 Å². The van der Waals surface area contributed by atoms with Crippen LogP contribution in [0.3, 0.4) is 0 Å². The Kier molecular flexibility index (Phi) is 10.3. The lowest BCUT2D eigenvalue weighted by molar-refractivity contribution is -0.137. The molecule has 0 radical (unpaired) electrons. The van der Waals surface area contributed by atoms with Crippen molar-refractivity contribution in [3.63, 3.8) is 0 Å². The first kappa shape index (κ1) is 36.8. The zero-order valence-electron chi connectivity index (χ0n) is 29.0. The van der Waals surface area contributed by atoms with E-state index < -0.39 is 23.6 Å². The Bertz CT molecular complexity index is 2090. The topological polar surface area (TPSA) is 146 Å². The van der Waals surface area contributed by atoms with Gasteiger partial charge in [-0.05, 0) is 56.5 Å². The molecule has 4 heterocycles. The molecule has 1 saturated heterocycles. The number of carbonyl (C=O) groups excluding carboxylic acids is 2. The fourth-order valence-electron chi connectivity index (χ4n) is 6.89. The average molecular weight is 743 g/mol. The quantitative estimate of drug-likeness (QED) is 0.236. The van der Waals surface area contributed by atoms with Crippen molar-refractivity contribution >= 4 is 51.6 Å². The zero-order valence-corrected chi connectivity index (χ0v) is 29.8. The predicted octanol–water partition coefficient (Wildman–Crippen LogP) is 4.65. The summed E-state index contributed by atoms with van der Waals surface area (Å²) in [5, 5.41) is 12.9. The average Bonchev–Trinajstić information content (AvgIpc) is 3.09. The number of aromatic nitrogens is 4. The van der Waals surface area contributed by atoms with E-state index in [0.717, 1.165) is 18.2 Å². The first-order valence-electron chi connectivity index (χ1n) is 16.8. The maximum Gasteiger partial charge on any atom is 0.416 e. The molecule has 2 amide bonds. The molecular weight excluding hydrogens is 705 g/mol. The lowest BCUT2D eigenvalue weighted by Crippen LogP contribution is -2.67. The van der Waals surface area contributed by atoms with Gasteiger partial charge < -0.3 is 34.4 Å². The van der Waals surface area contributed by atoms with Crippen LogP contribution < -0.4 is 20.5 Å². The van der Waals surface area contributed by atoms with Crippen LogP contribution in [0.15, 0.2) is 41.5 Å². The molecule has 3 aromatic heterocycles. The van der Waals surface area contributed by atoms with E-state index in [1.165, 1.54) is 6.33 Å². The fraction of sp³-hybridized carbons (Fsp3) is 0.429. The summed E-state index contributed by atoms with van der Waals surface area (Å²) < 4.78 is 46.6. The van der Waals surface area contributed by atoms with Gasteiger partial charge in [-0.3, -0.25) is 14.4 Å². The number of nitrogens with one attached hydrogen (secondary N) is 1. The minimum atomic E-state index is -4.61. The van der Waals surface area contributed by atoms with E-state index in [9.17, 15) is 32.7 Å². The van der Waals surface area contributed by atoms with Gasteiger partial charge in [0.2, 0.25) is 11.3 Å². The first-order chi connectivity index (χ1) is 24.7. The van der Waals surface area contributed by atoms with Crippen molar-refractivity contribution < 1.29 is 32.6 Å². The van der Waals surface area contributed by atoms with E-state index in [2.05, 4.69) is 15.3 Å². The number of nitrogens with zero attached hydrogens (tertiary/aromatic N) is 7. The highest BCUT2D eigenvalue weighted by atomic mass is 35.5. The van der Waals surface area contributed by atoms with Crippen LogP contribution in [0, 0.1) is 6.92 Å². The number of methoxy groups -OCH3 is 1. The maximum absolute atomic E-state index is 14.6. The molecule has 1 aliphatic carbocycles. The molecular formula is C35H38ClF3N8O5. The summed E-state index contributed by atoms with van der Waals surface area (Å²) >= 11 is 6.15. The number of fused-ring (bicyclic) bond motifs is 2. The Balaban J connectivity index is 1.40. The summed E-state index contributed by atoms with van der Waals surface area (Å²) in [6, 6.07) is 5.65. The highest BCUT2D eigenvalue weighted by Crippen LogP contribution is 2.39. The smallest absolute Gasteiger partial charge is 0.416 e. The summed E-state index contributed by atoms with van der Waals surface area (Å²) in [5.41, 5.74) is 0.388. The number of hydrogen-bond donors (Lipinski definition) is 2. The number of ether oxygens (including phenoxy) is 1. The van der Waals surface area contributed by atoms with Gasteiger partial charge in [-0.15, -0.1) is 0 Å². The number of likely N-dealkylation sites (N-methyl/N-ethyl adjacent to an activating group) is 1. The van der Waals surface area contributed by atoms with Gasteiger partial charge in [0, 0.05) is 45.5 Å². The van der Waals surface area contributed by atoms with E-state index in [1.807, 2.05) is 23.8 Å². The number of hydrogen-bond acceptors (Lipinski definition) is 10. The van der Waals surface area contributed by atoms with E-state index >= 15 is 0 Å². The lowest BCUT2D eigenvalue weighted by atomic mass is 9.81. The molecule has 17 heteroatoms. The van der Waals surface area contributed by atoms with Gasteiger partial charge in [-0.25, -0.2) is 15.0 Å².